The fourth-order valence-electron chi connectivity index (χ4n) is 1.37. The van der Waals surface area contributed by atoms with E-state index in [1.807, 2.05) is 0 Å². The van der Waals surface area contributed by atoms with Gasteiger partial charge in [-0.3, -0.25) is 4.79 Å². The average molecular weight is 270 g/mol. The molecular formula is C14H19FO4. The fourth-order valence-corrected chi connectivity index (χ4v) is 1.37. The quantitative estimate of drug-likeness (QED) is 0.654. The number of phenols is 1. The van der Waals surface area contributed by atoms with Crippen LogP contribution >= 0.6 is 0 Å². The first-order valence-corrected chi connectivity index (χ1v) is 6.09. The van der Waals surface area contributed by atoms with Crippen LogP contribution < -0.4 is 4.74 Å². The van der Waals surface area contributed by atoms with Gasteiger partial charge < -0.3 is 14.9 Å². The van der Waals surface area contributed by atoms with Gasteiger partial charge in [-0.2, -0.15) is 0 Å². The third kappa shape index (κ3) is 3.67. The molecule has 0 aliphatic rings. The summed E-state index contributed by atoms with van der Waals surface area (Å²) in [5.74, 6) is -1.90. The molecule has 1 aromatic rings. The number of halogens is 1. The number of benzene rings is 1. The molecule has 0 aliphatic carbocycles. The number of esters is 1. The maximum absolute atomic E-state index is 13.6. The molecular weight excluding hydrogens is 251 g/mol. The molecule has 1 atom stereocenters. The molecule has 5 heteroatoms. The summed E-state index contributed by atoms with van der Waals surface area (Å²) in [6.45, 7) is 6.69. The molecule has 19 heavy (non-hydrogen) atoms. The van der Waals surface area contributed by atoms with Gasteiger partial charge >= 0.3 is 5.97 Å². The van der Waals surface area contributed by atoms with Gasteiger partial charge in [0, 0.05) is 11.6 Å². The zero-order valence-corrected chi connectivity index (χ0v) is 11.5. The fraction of sp³-hybridized carbons (Fsp3) is 0.500. The van der Waals surface area contributed by atoms with Crippen molar-refractivity contribution in [2.45, 2.75) is 40.2 Å². The zero-order valence-electron chi connectivity index (χ0n) is 11.5. The zero-order chi connectivity index (χ0) is 14.8. The topological polar surface area (TPSA) is 66.8 Å². The minimum Gasteiger partial charge on any atom is -0.504 e. The number of aromatic hydroxyl groups is 1. The normalized spacial score (nSPS) is 13.2. The summed E-state index contributed by atoms with van der Waals surface area (Å²) < 4.78 is 18.6. The number of carbonyl (C=O) groups is 1. The first kappa shape index (κ1) is 15.4. The number of rotatable bonds is 3. The van der Waals surface area contributed by atoms with E-state index in [1.54, 1.807) is 27.7 Å². The third-order valence-corrected chi connectivity index (χ3v) is 2.64. The van der Waals surface area contributed by atoms with E-state index in [0.717, 1.165) is 12.1 Å². The molecule has 0 radical (unpaired) electrons. The number of phenolic OH excluding ortho intramolecular Hbond substituents is 1. The molecule has 0 saturated heterocycles. The first-order chi connectivity index (χ1) is 8.66. The summed E-state index contributed by atoms with van der Waals surface area (Å²) >= 11 is 0. The molecule has 4 nitrogen and oxygen atoms in total. The van der Waals surface area contributed by atoms with Crippen LogP contribution in [-0.4, -0.2) is 16.2 Å². The third-order valence-electron chi connectivity index (χ3n) is 2.64. The van der Waals surface area contributed by atoms with Crippen molar-refractivity contribution < 1.29 is 24.1 Å². The summed E-state index contributed by atoms with van der Waals surface area (Å²) in [5, 5.41) is 19.2. The Morgan fingerprint density at radius 2 is 2.00 bits per heavy atom. The Bertz CT molecular complexity index is 477. The van der Waals surface area contributed by atoms with Crippen molar-refractivity contribution in [1.29, 1.82) is 0 Å². The Kier molecular flexibility index (Phi) is 4.52. The summed E-state index contributed by atoms with van der Waals surface area (Å²) in [6.07, 6.45) is -0.693. The van der Waals surface area contributed by atoms with E-state index in [0.29, 0.717) is 6.42 Å². The highest BCUT2D eigenvalue weighted by Crippen LogP contribution is 2.34. The second-order valence-electron chi connectivity index (χ2n) is 5.41. The Morgan fingerprint density at radius 1 is 1.42 bits per heavy atom. The Hall–Kier alpha value is -1.62. The Labute approximate surface area is 111 Å². The van der Waals surface area contributed by atoms with Crippen LogP contribution in [0.4, 0.5) is 4.39 Å². The monoisotopic (exact) mass is 270 g/mol. The van der Waals surface area contributed by atoms with E-state index < -0.39 is 29.1 Å². The van der Waals surface area contributed by atoms with Crippen molar-refractivity contribution in [2.75, 3.05) is 0 Å². The van der Waals surface area contributed by atoms with Crippen LogP contribution in [-0.2, 0) is 4.79 Å². The van der Waals surface area contributed by atoms with E-state index >= 15 is 0 Å². The highest BCUT2D eigenvalue weighted by Gasteiger charge is 2.26. The van der Waals surface area contributed by atoms with E-state index in [2.05, 4.69) is 0 Å². The van der Waals surface area contributed by atoms with Crippen molar-refractivity contribution in [3.8, 4) is 11.5 Å². The van der Waals surface area contributed by atoms with Gasteiger partial charge in [0.2, 0.25) is 0 Å². The number of hydrogen-bond acceptors (Lipinski definition) is 4. The van der Waals surface area contributed by atoms with Crippen LogP contribution in [0.25, 0.3) is 0 Å². The molecule has 1 aromatic carbocycles. The smallest absolute Gasteiger partial charge is 0.316 e. The van der Waals surface area contributed by atoms with E-state index in [-0.39, 0.29) is 11.3 Å². The van der Waals surface area contributed by atoms with Crippen LogP contribution in [0.5, 0.6) is 11.5 Å². The van der Waals surface area contributed by atoms with Crippen molar-refractivity contribution in [1.82, 2.24) is 0 Å². The number of aliphatic hydroxyl groups is 1. The Balaban J connectivity index is 3.12. The van der Waals surface area contributed by atoms with Crippen LogP contribution in [0.2, 0.25) is 0 Å². The van der Waals surface area contributed by atoms with E-state index in [4.69, 9.17) is 4.74 Å². The Morgan fingerprint density at radius 3 is 2.47 bits per heavy atom. The highest BCUT2D eigenvalue weighted by atomic mass is 19.1. The molecule has 1 unspecified atom stereocenters. The number of ether oxygens (including phenoxy) is 1. The molecule has 0 bridgehead atoms. The number of carbonyl (C=O) groups excluding carboxylic acids is 1. The first-order valence-electron chi connectivity index (χ1n) is 6.09. The second-order valence-corrected chi connectivity index (χ2v) is 5.41. The molecule has 2 N–H and O–H groups in total. The lowest BCUT2D eigenvalue weighted by Gasteiger charge is -2.18. The van der Waals surface area contributed by atoms with Gasteiger partial charge in [-0.25, -0.2) is 4.39 Å². The minimum absolute atomic E-state index is 0.00277. The number of aliphatic hydroxyl groups excluding tert-OH is 1. The maximum Gasteiger partial charge on any atom is 0.316 e. The predicted octanol–water partition coefficient (Wildman–Crippen LogP) is 2.93. The van der Waals surface area contributed by atoms with Gasteiger partial charge in [-0.15, -0.1) is 0 Å². The summed E-state index contributed by atoms with van der Waals surface area (Å²) in [7, 11) is 0. The van der Waals surface area contributed by atoms with Crippen LogP contribution in [0.3, 0.4) is 0 Å². The highest BCUT2D eigenvalue weighted by molar-refractivity contribution is 5.78. The van der Waals surface area contributed by atoms with Gasteiger partial charge in [0.15, 0.2) is 11.5 Å². The van der Waals surface area contributed by atoms with E-state index in [9.17, 15) is 19.4 Å². The predicted molar refractivity (Wildman–Crippen MR) is 68.4 cm³/mol. The molecule has 0 saturated carbocycles. The summed E-state index contributed by atoms with van der Waals surface area (Å²) in [6, 6.07) is 1.99. The van der Waals surface area contributed by atoms with Gasteiger partial charge in [0.1, 0.15) is 5.82 Å². The van der Waals surface area contributed by atoms with Crippen LogP contribution in [0.15, 0.2) is 12.1 Å². The lowest BCUT2D eigenvalue weighted by Crippen LogP contribution is -2.25. The molecule has 0 heterocycles. The lowest BCUT2D eigenvalue weighted by molar-refractivity contribution is -0.143. The standard InChI is InChI=1S/C14H19FO4/c1-5-10(16)8-6-12(11(17)7-9(8)15)19-13(18)14(2,3)4/h6-7,10,16-17H,5H2,1-4H3. The average Bonchev–Trinajstić information content (AvgIpc) is 2.30. The molecule has 1 rings (SSSR count). The van der Waals surface area contributed by atoms with Crippen LogP contribution in [0.1, 0.15) is 45.8 Å². The summed E-state index contributed by atoms with van der Waals surface area (Å²) in [4.78, 5) is 11.7. The molecule has 0 fully saturated rings. The molecule has 106 valence electrons. The van der Waals surface area contributed by atoms with Crippen molar-refractivity contribution >= 4 is 5.97 Å². The van der Waals surface area contributed by atoms with Gasteiger partial charge in [0.05, 0.1) is 11.5 Å². The second kappa shape index (κ2) is 5.57. The molecule has 0 amide bonds. The van der Waals surface area contributed by atoms with Crippen molar-refractivity contribution in [3.63, 3.8) is 0 Å². The van der Waals surface area contributed by atoms with Crippen LogP contribution in [0, 0.1) is 11.2 Å². The minimum atomic E-state index is -1.01. The van der Waals surface area contributed by atoms with Gasteiger partial charge in [0.25, 0.3) is 0 Å². The van der Waals surface area contributed by atoms with Crippen molar-refractivity contribution in [3.05, 3.63) is 23.5 Å². The summed E-state index contributed by atoms with van der Waals surface area (Å²) in [5.41, 5.74) is -0.748. The van der Waals surface area contributed by atoms with Gasteiger partial charge in [-0.05, 0) is 33.3 Å². The lowest BCUT2D eigenvalue weighted by atomic mass is 9.97. The van der Waals surface area contributed by atoms with E-state index in [1.165, 1.54) is 0 Å². The molecule has 0 spiro atoms. The number of hydrogen-bond donors (Lipinski definition) is 2. The molecule has 0 aliphatic heterocycles. The molecule has 0 aromatic heterocycles. The van der Waals surface area contributed by atoms with Gasteiger partial charge in [-0.1, -0.05) is 6.92 Å². The van der Waals surface area contributed by atoms with Crippen molar-refractivity contribution in [2.24, 2.45) is 5.41 Å². The maximum atomic E-state index is 13.6. The largest absolute Gasteiger partial charge is 0.504 e. The SMILES string of the molecule is CCC(O)c1cc(OC(=O)C(C)(C)C)c(O)cc1F.